The highest BCUT2D eigenvalue weighted by atomic mass is 32.1. The van der Waals surface area contributed by atoms with Crippen LogP contribution in [0.25, 0.3) is 0 Å². The van der Waals surface area contributed by atoms with E-state index in [1.807, 2.05) is 25.2 Å². The third-order valence-corrected chi connectivity index (χ3v) is 3.93. The number of thiophene rings is 1. The molecule has 0 aliphatic carbocycles. The van der Waals surface area contributed by atoms with Gasteiger partial charge in [-0.2, -0.15) is 0 Å². The lowest BCUT2D eigenvalue weighted by Crippen LogP contribution is -2.32. The van der Waals surface area contributed by atoms with Crippen molar-refractivity contribution in [3.63, 3.8) is 0 Å². The fourth-order valence-corrected chi connectivity index (χ4v) is 2.75. The van der Waals surface area contributed by atoms with Crippen LogP contribution in [0.1, 0.15) is 42.1 Å². The maximum absolute atomic E-state index is 9.74. The zero-order valence-electron chi connectivity index (χ0n) is 10.9. The Hall–Kier alpha value is -0.380. The molecule has 2 atom stereocenters. The Balaban J connectivity index is 2.53. The summed E-state index contributed by atoms with van der Waals surface area (Å²) in [4.78, 5) is 2.72. The average Bonchev–Trinajstić information content (AvgIpc) is 2.53. The SMILES string of the molecule is Cc1cc(C(C)NCC(O)C(C)C)c(C)s1. The molecule has 16 heavy (non-hydrogen) atoms. The smallest absolute Gasteiger partial charge is 0.0687 e. The fraction of sp³-hybridized carbons (Fsp3) is 0.692. The number of hydrogen-bond donors (Lipinski definition) is 2. The van der Waals surface area contributed by atoms with Gasteiger partial charge in [-0.1, -0.05) is 13.8 Å². The highest BCUT2D eigenvalue weighted by molar-refractivity contribution is 7.12. The predicted molar refractivity (Wildman–Crippen MR) is 71.1 cm³/mol. The molecule has 0 aliphatic heterocycles. The zero-order valence-corrected chi connectivity index (χ0v) is 11.7. The monoisotopic (exact) mass is 241 g/mol. The van der Waals surface area contributed by atoms with Crippen LogP contribution < -0.4 is 5.32 Å². The average molecular weight is 241 g/mol. The molecule has 1 aromatic rings. The lowest BCUT2D eigenvalue weighted by molar-refractivity contribution is 0.120. The van der Waals surface area contributed by atoms with Crippen LogP contribution in [-0.4, -0.2) is 17.8 Å². The van der Waals surface area contributed by atoms with E-state index in [-0.39, 0.29) is 6.10 Å². The highest BCUT2D eigenvalue weighted by Crippen LogP contribution is 2.26. The molecule has 2 unspecified atom stereocenters. The number of hydrogen-bond acceptors (Lipinski definition) is 3. The van der Waals surface area contributed by atoms with Gasteiger partial charge in [-0.05, 0) is 38.3 Å². The fourth-order valence-electron chi connectivity index (χ4n) is 1.72. The summed E-state index contributed by atoms with van der Waals surface area (Å²) in [6, 6.07) is 2.55. The first kappa shape index (κ1) is 13.7. The van der Waals surface area contributed by atoms with Crippen molar-refractivity contribution in [1.29, 1.82) is 0 Å². The van der Waals surface area contributed by atoms with E-state index in [0.29, 0.717) is 18.5 Å². The van der Waals surface area contributed by atoms with Crippen LogP contribution in [0.5, 0.6) is 0 Å². The minimum absolute atomic E-state index is 0.262. The molecular weight excluding hydrogens is 218 g/mol. The summed E-state index contributed by atoms with van der Waals surface area (Å²) in [7, 11) is 0. The molecule has 0 saturated carbocycles. The van der Waals surface area contributed by atoms with Crippen LogP contribution in [0.15, 0.2) is 6.07 Å². The number of aryl methyl sites for hydroxylation is 2. The van der Waals surface area contributed by atoms with Crippen molar-refractivity contribution in [1.82, 2.24) is 5.32 Å². The van der Waals surface area contributed by atoms with Gasteiger partial charge in [0.25, 0.3) is 0 Å². The standard InChI is InChI=1S/C13H23NOS/c1-8(2)13(15)7-14-10(4)12-6-9(3)16-11(12)5/h6,8,10,13-15H,7H2,1-5H3. The lowest BCUT2D eigenvalue weighted by atomic mass is 10.1. The van der Waals surface area contributed by atoms with E-state index in [2.05, 4.69) is 32.2 Å². The molecule has 2 N–H and O–H groups in total. The molecule has 3 heteroatoms. The van der Waals surface area contributed by atoms with Crippen LogP contribution in [-0.2, 0) is 0 Å². The van der Waals surface area contributed by atoms with Crippen LogP contribution in [0.3, 0.4) is 0 Å². The summed E-state index contributed by atoms with van der Waals surface area (Å²) in [5.74, 6) is 0.310. The van der Waals surface area contributed by atoms with Crippen molar-refractivity contribution < 1.29 is 5.11 Å². The van der Waals surface area contributed by atoms with Crippen LogP contribution in [0, 0.1) is 19.8 Å². The van der Waals surface area contributed by atoms with Gasteiger partial charge < -0.3 is 10.4 Å². The van der Waals surface area contributed by atoms with Crippen LogP contribution >= 0.6 is 11.3 Å². The summed E-state index contributed by atoms with van der Waals surface area (Å²) >= 11 is 1.84. The quantitative estimate of drug-likeness (QED) is 0.830. The predicted octanol–water partition coefficient (Wildman–Crippen LogP) is 3.03. The van der Waals surface area contributed by atoms with Gasteiger partial charge in [0, 0.05) is 22.3 Å². The van der Waals surface area contributed by atoms with Crippen molar-refractivity contribution in [2.45, 2.75) is 46.8 Å². The second kappa shape index (κ2) is 5.80. The number of aliphatic hydroxyl groups is 1. The molecule has 0 bridgehead atoms. The molecule has 2 nitrogen and oxygen atoms in total. The molecule has 0 saturated heterocycles. The Bertz CT molecular complexity index is 333. The summed E-state index contributed by atoms with van der Waals surface area (Å²) in [5.41, 5.74) is 1.36. The van der Waals surface area contributed by atoms with Crippen LogP contribution in [0.2, 0.25) is 0 Å². The molecule has 0 aliphatic rings. The Morgan fingerprint density at radius 3 is 2.38 bits per heavy atom. The largest absolute Gasteiger partial charge is 0.392 e. The first-order chi connectivity index (χ1) is 7.41. The third kappa shape index (κ3) is 3.58. The van der Waals surface area contributed by atoms with E-state index in [9.17, 15) is 5.11 Å². The maximum Gasteiger partial charge on any atom is 0.0687 e. The first-order valence-electron chi connectivity index (χ1n) is 5.90. The summed E-state index contributed by atoms with van der Waals surface area (Å²) in [5, 5.41) is 13.1. The van der Waals surface area contributed by atoms with Gasteiger partial charge in [-0.25, -0.2) is 0 Å². The molecule has 0 aromatic carbocycles. The van der Waals surface area contributed by atoms with E-state index < -0.39 is 0 Å². The molecular formula is C13H23NOS. The van der Waals surface area contributed by atoms with E-state index >= 15 is 0 Å². The van der Waals surface area contributed by atoms with Crippen molar-refractivity contribution in [2.24, 2.45) is 5.92 Å². The first-order valence-corrected chi connectivity index (χ1v) is 6.71. The van der Waals surface area contributed by atoms with Gasteiger partial charge in [-0.15, -0.1) is 11.3 Å². The zero-order chi connectivity index (χ0) is 12.3. The molecule has 92 valence electrons. The van der Waals surface area contributed by atoms with Crippen molar-refractivity contribution >= 4 is 11.3 Å². The topological polar surface area (TPSA) is 32.3 Å². The summed E-state index contributed by atoms with van der Waals surface area (Å²) < 4.78 is 0. The van der Waals surface area contributed by atoms with E-state index in [1.54, 1.807) is 0 Å². The van der Waals surface area contributed by atoms with Crippen LogP contribution in [0.4, 0.5) is 0 Å². The maximum atomic E-state index is 9.74. The van der Waals surface area contributed by atoms with E-state index in [4.69, 9.17) is 0 Å². The Kier molecular flexibility index (Phi) is 4.96. The van der Waals surface area contributed by atoms with Gasteiger partial charge in [0.2, 0.25) is 0 Å². The molecule has 1 heterocycles. The Morgan fingerprint density at radius 2 is 1.94 bits per heavy atom. The lowest BCUT2D eigenvalue weighted by Gasteiger charge is -2.19. The second-order valence-corrected chi connectivity index (χ2v) is 6.27. The Labute approximate surface area is 103 Å². The molecule has 1 rings (SSSR count). The summed E-state index contributed by atoms with van der Waals surface area (Å²) in [6.07, 6.45) is -0.262. The van der Waals surface area contributed by atoms with E-state index in [1.165, 1.54) is 15.3 Å². The van der Waals surface area contributed by atoms with Crippen molar-refractivity contribution in [3.8, 4) is 0 Å². The van der Waals surface area contributed by atoms with Gasteiger partial charge >= 0.3 is 0 Å². The number of rotatable bonds is 5. The minimum atomic E-state index is -0.262. The summed E-state index contributed by atoms with van der Waals surface area (Å²) in [6.45, 7) is 11.2. The van der Waals surface area contributed by atoms with Crippen molar-refractivity contribution in [2.75, 3.05) is 6.54 Å². The molecule has 0 amide bonds. The van der Waals surface area contributed by atoms with E-state index in [0.717, 1.165) is 0 Å². The van der Waals surface area contributed by atoms with Gasteiger partial charge in [0.05, 0.1) is 6.10 Å². The van der Waals surface area contributed by atoms with Gasteiger partial charge in [0.15, 0.2) is 0 Å². The third-order valence-electron chi connectivity index (χ3n) is 2.95. The second-order valence-electron chi connectivity index (χ2n) is 4.81. The normalized spacial score (nSPS) is 15.4. The minimum Gasteiger partial charge on any atom is -0.392 e. The van der Waals surface area contributed by atoms with Gasteiger partial charge in [-0.3, -0.25) is 0 Å². The number of aliphatic hydroxyl groups excluding tert-OH is 1. The molecule has 0 radical (unpaired) electrons. The van der Waals surface area contributed by atoms with Crippen molar-refractivity contribution in [3.05, 3.63) is 21.4 Å². The molecule has 0 fully saturated rings. The molecule has 1 aromatic heterocycles. The van der Waals surface area contributed by atoms with Gasteiger partial charge in [0.1, 0.15) is 0 Å². The number of nitrogens with one attached hydrogen (secondary N) is 1. The molecule has 0 spiro atoms. The Morgan fingerprint density at radius 1 is 1.31 bits per heavy atom. The highest BCUT2D eigenvalue weighted by Gasteiger charge is 2.14.